The highest BCUT2D eigenvalue weighted by molar-refractivity contribution is 7.17. The van der Waals surface area contributed by atoms with Gasteiger partial charge in [-0.05, 0) is 38.9 Å². The molecule has 0 fully saturated rings. The lowest BCUT2D eigenvalue weighted by atomic mass is 10.1. The minimum atomic E-state index is -0.362. The van der Waals surface area contributed by atoms with Gasteiger partial charge in [-0.15, -0.1) is 11.3 Å². The van der Waals surface area contributed by atoms with Gasteiger partial charge in [0.15, 0.2) is 0 Å². The monoisotopic (exact) mass is 282 g/mol. The van der Waals surface area contributed by atoms with E-state index >= 15 is 0 Å². The summed E-state index contributed by atoms with van der Waals surface area (Å²) < 4.78 is 4.83. The fourth-order valence-corrected chi connectivity index (χ4v) is 3.56. The molecule has 19 heavy (non-hydrogen) atoms. The zero-order valence-corrected chi connectivity index (χ0v) is 12.2. The fraction of sp³-hybridized carbons (Fsp3) is 0.538. The molecule has 0 atom stereocenters. The number of carbonyl (C=O) groups is 2. The first kappa shape index (κ1) is 14.0. The SMILES string of the molecule is COC(=O)c1c(NC(=O)CN(C)C)sc2c1CCC2. The van der Waals surface area contributed by atoms with Crippen LogP contribution < -0.4 is 5.32 Å². The summed E-state index contributed by atoms with van der Waals surface area (Å²) in [6.45, 7) is 0.295. The maximum Gasteiger partial charge on any atom is 0.341 e. The van der Waals surface area contributed by atoms with Crippen LogP contribution in [0.2, 0.25) is 0 Å². The van der Waals surface area contributed by atoms with Gasteiger partial charge in [-0.3, -0.25) is 4.79 Å². The summed E-state index contributed by atoms with van der Waals surface area (Å²) in [5.41, 5.74) is 1.60. The van der Waals surface area contributed by atoms with Gasteiger partial charge in [0, 0.05) is 4.88 Å². The highest BCUT2D eigenvalue weighted by atomic mass is 32.1. The number of ether oxygens (including phenoxy) is 1. The third-order valence-corrected chi connectivity index (χ3v) is 4.23. The zero-order valence-electron chi connectivity index (χ0n) is 11.4. The Kier molecular flexibility index (Phi) is 4.21. The zero-order chi connectivity index (χ0) is 14.0. The van der Waals surface area contributed by atoms with E-state index in [1.54, 1.807) is 4.90 Å². The van der Waals surface area contributed by atoms with Crippen LogP contribution in [-0.4, -0.2) is 44.5 Å². The number of fused-ring (bicyclic) bond motifs is 1. The van der Waals surface area contributed by atoms with Gasteiger partial charge in [-0.25, -0.2) is 4.79 Å². The molecular formula is C13H18N2O3S. The molecule has 6 heteroatoms. The quantitative estimate of drug-likeness (QED) is 0.851. The van der Waals surface area contributed by atoms with Crippen molar-refractivity contribution in [3.8, 4) is 0 Å². The summed E-state index contributed by atoms with van der Waals surface area (Å²) >= 11 is 1.50. The van der Waals surface area contributed by atoms with Crippen molar-refractivity contribution in [2.45, 2.75) is 19.3 Å². The molecule has 5 nitrogen and oxygen atoms in total. The molecule has 1 aliphatic carbocycles. The number of aryl methyl sites for hydroxylation is 1. The van der Waals surface area contributed by atoms with Gasteiger partial charge in [0.05, 0.1) is 19.2 Å². The maximum absolute atomic E-state index is 11.9. The molecule has 0 radical (unpaired) electrons. The van der Waals surface area contributed by atoms with E-state index in [1.165, 1.54) is 23.3 Å². The van der Waals surface area contributed by atoms with Crippen molar-refractivity contribution in [1.82, 2.24) is 4.90 Å². The number of carbonyl (C=O) groups excluding carboxylic acids is 2. The van der Waals surface area contributed by atoms with E-state index in [0.717, 1.165) is 24.8 Å². The third kappa shape index (κ3) is 2.96. The van der Waals surface area contributed by atoms with Gasteiger partial charge >= 0.3 is 5.97 Å². The number of anilines is 1. The molecule has 1 amide bonds. The molecule has 0 aromatic carbocycles. The Morgan fingerprint density at radius 3 is 2.74 bits per heavy atom. The van der Waals surface area contributed by atoms with Crippen molar-refractivity contribution in [2.75, 3.05) is 33.1 Å². The largest absolute Gasteiger partial charge is 0.465 e. The van der Waals surface area contributed by atoms with Crippen LogP contribution in [0.1, 0.15) is 27.2 Å². The van der Waals surface area contributed by atoms with E-state index in [-0.39, 0.29) is 11.9 Å². The topological polar surface area (TPSA) is 58.6 Å². The average molecular weight is 282 g/mol. The van der Waals surface area contributed by atoms with Crippen molar-refractivity contribution in [2.24, 2.45) is 0 Å². The van der Waals surface area contributed by atoms with Crippen LogP contribution in [0.3, 0.4) is 0 Å². The van der Waals surface area contributed by atoms with E-state index < -0.39 is 0 Å². The second kappa shape index (κ2) is 5.71. The van der Waals surface area contributed by atoms with Crippen LogP contribution in [0.15, 0.2) is 0 Å². The van der Waals surface area contributed by atoms with Crippen LogP contribution in [0.4, 0.5) is 5.00 Å². The lowest BCUT2D eigenvalue weighted by Gasteiger charge is -2.10. The number of amides is 1. The highest BCUT2D eigenvalue weighted by Gasteiger charge is 2.27. The van der Waals surface area contributed by atoms with Crippen LogP contribution in [0.25, 0.3) is 0 Å². The number of nitrogens with one attached hydrogen (secondary N) is 1. The molecule has 0 bridgehead atoms. The number of likely N-dealkylation sites (N-methyl/N-ethyl adjacent to an activating group) is 1. The maximum atomic E-state index is 11.9. The van der Waals surface area contributed by atoms with Crippen LogP contribution in [0, 0.1) is 0 Å². The van der Waals surface area contributed by atoms with Crippen LogP contribution in [0.5, 0.6) is 0 Å². The highest BCUT2D eigenvalue weighted by Crippen LogP contribution is 2.39. The Morgan fingerprint density at radius 1 is 1.37 bits per heavy atom. The van der Waals surface area contributed by atoms with Crippen molar-refractivity contribution < 1.29 is 14.3 Å². The van der Waals surface area contributed by atoms with Crippen molar-refractivity contribution in [3.63, 3.8) is 0 Å². The van der Waals surface area contributed by atoms with E-state index in [2.05, 4.69) is 5.32 Å². The lowest BCUT2D eigenvalue weighted by molar-refractivity contribution is -0.116. The number of esters is 1. The summed E-state index contributed by atoms with van der Waals surface area (Å²) in [6.07, 6.45) is 2.93. The predicted octanol–water partition coefficient (Wildman–Crippen LogP) is 1.52. The first-order chi connectivity index (χ1) is 9.02. The molecular weight excluding hydrogens is 264 g/mol. The Bertz CT molecular complexity index is 508. The van der Waals surface area contributed by atoms with E-state index in [4.69, 9.17) is 4.74 Å². The van der Waals surface area contributed by atoms with Gasteiger partial charge in [0.25, 0.3) is 0 Å². The fourth-order valence-electron chi connectivity index (χ4n) is 2.26. The van der Waals surface area contributed by atoms with Crippen molar-refractivity contribution in [1.29, 1.82) is 0 Å². The van der Waals surface area contributed by atoms with Crippen LogP contribution in [-0.2, 0) is 22.4 Å². The molecule has 0 unspecified atom stereocenters. The number of methoxy groups -OCH3 is 1. The minimum absolute atomic E-state index is 0.116. The van der Waals surface area contributed by atoms with E-state index in [0.29, 0.717) is 17.1 Å². The van der Waals surface area contributed by atoms with Gasteiger partial charge in [-0.1, -0.05) is 0 Å². The molecule has 1 N–H and O–H groups in total. The first-order valence-corrected chi connectivity index (χ1v) is 7.02. The number of hydrogen-bond donors (Lipinski definition) is 1. The number of nitrogens with zero attached hydrogens (tertiary/aromatic N) is 1. The summed E-state index contributed by atoms with van der Waals surface area (Å²) in [7, 11) is 5.02. The molecule has 1 aliphatic rings. The smallest absolute Gasteiger partial charge is 0.341 e. The normalized spacial score (nSPS) is 13.5. The predicted molar refractivity (Wildman–Crippen MR) is 74.9 cm³/mol. The first-order valence-electron chi connectivity index (χ1n) is 6.20. The van der Waals surface area contributed by atoms with Gasteiger partial charge in [0.1, 0.15) is 5.00 Å². The molecule has 0 spiro atoms. The molecule has 2 rings (SSSR count). The second-order valence-corrected chi connectivity index (χ2v) is 5.94. The Morgan fingerprint density at radius 2 is 2.11 bits per heavy atom. The Labute approximate surface area is 116 Å². The summed E-state index contributed by atoms with van der Waals surface area (Å²) in [5, 5.41) is 3.45. The molecule has 0 aliphatic heterocycles. The average Bonchev–Trinajstić information content (AvgIpc) is 2.86. The van der Waals surface area contributed by atoms with E-state index in [9.17, 15) is 9.59 Å². The lowest BCUT2D eigenvalue weighted by Crippen LogP contribution is -2.27. The van der Waals surface area contributed by atoms with E-state index in [1.807, 2.05) is 14.1 Å². The summed E-state index contributed by atoms with van der Waals surface area (Å²) in [4.78, 5) is 26.7. The van der Waals surface area contributed by atoms with Crippen molar-refractivity contribution >= 4 is 28.2 Å². The summed E-state index contributed by atoms with van der Waals surface area (Å²) in [5.74, 6) is -0.477. The standard InChI is InChI=1S/C13H18N2O3S/c1-15(2)7-10(16)14-12-11(13(17)18-3)8-5-4-6-9(8)19-12/h4-7H2,1-3H3,(H,14,16). The van der Waals surface area contributed by atoms with Gasteiger partial charge in [0.2, 0.25) is 5.91 Å². The molecule has 1 aromatic heterocycles. The number of hydrogen-bond acceptors (Lipinski definition) is 5. The second-order valence-electron chi connectivity index (χ2n) is 4.84. The molecule has 0 saturated carbocycles. The molecule has 1 aromatic rings. The Balaban J connectivity index is 2.25. The van der Waals surface area contributed by atoms with Gasteiger partial charge in [-0.2, -0.15) is 0 Å². The van der Waals surface area contributed by atoms with Crippen LogP contribution >= 0.6 is 11.3 Å². The molecule has 104 valence electrons. The van der Waals surface area contributed by atoms with Gasteiger partial charge < -0.3 is 15.0 Å². The number of thiophene rings is 1. The third-order valence-electron chi connectivity index (χ3n) is 3.02. The molecule has 1 heterocycles. The minimum Gasteiger partial charge on any atom is -0.465 e. The molecule has 0 saturated heterocycles. The summed E-state index contributed by atoms with van der Waals surface area (Å²) in [6, 6.07) is 0. The number of rotatable bonds is 4. The van der Waals surface area contributed by atoms with Crippen molar-refractivity contribution in [3.05, 3.63) is 16.0 Å². The Hall–Kier alpha value is -1.40.